The van der Waals surface area contributed by atoms with Gasteiger partial charge in [0.2, 0.25) is 0 Å². The van der Waals surface area contributed by atoms with Gasteiger partial charge < -0.3 is 0 Å². The Morgan fingerprint density at radius 1 is 1.17 bits per heavy atom. The molecule has 0 amide bonds. The first-order chi connectivity index (χ1) is 8.56. The lowest BCUT2D eigenvalue weighted by atomic mass is 10.0. The molecule has 0 N–H and O–H groups in total. The van der Waals surface area contributed by atoms with Crippen molar-refractivity contribution in [1.29, 1.82) is 0 Å². The molecule has 2 aromatic rings. The molecule has 0 fully saturated rings. The van der Waals surface area contributed by atoms with Crippen molar-refractivity contribution >= 4 is 43.5 Å². The number of aryl methyl sites for hydroxylation is 1. The molecule has 0 aliphatic rings. The third-order valence-electron chi connectivity index (χ3n) is 2.79. The Morgan fingerprint density at radius 2 is 1.94 bits per heavy atom. The van der Waals surface area contributed by atoms with Crippen LogP contribution in [0.4, 0.5) is 0 Å². The van der Waals surface area contributed by atoms with Crippen molar-refractivity contribution < 1.29 is 0 Å². The average Bonchev–Trinajstić information content (AvgIpc) is 2.32. The monoisotopic (exact) mass is 386 g/mol. The van der Waals surface area contributed by atoms with Gasteiger partial charge in [-0.3, -0.25) is 0 Å². The fourth-order valence-electron chi connectivity index (χ4n) is 1.91. The van der Waals surface area contributed by atoms with Crippen molar-refractivity contribution in [3.8, 4) is 0 Å². The van der Waals surface area contributed by atoms with Crippen LogP contribution in [0.5, 0.6) is 0 Å². The van der Waals surface area contributed by atoms with E-state index in [0.29, 0.717) is 0 Å². The summed E-state index contributed by atoms with van der Waals surface area (Å²) in [6.45, 7) is 2.11. The standard InChI is InChI=1S/C15H13Br2Cl/c1-10-3-2-4-11(7-10)8-14(17)13-9-12(16)5-6-15(13)18/h2-7,9,14H,8H2,1H3. The molecular formula is C15H13Br2Cl. The van der Waals surface area contributed by atoms with Gasteiger partial charge in [-0.15, -0.1) is 0 Å². The Kier molecular flexibility index (Phi) is 4.88. The van der Waals surface area contributed by atoms with Crippen LogP contribution in [-0.4, -0.2) is 0 Å². The first-order valence-corrected chi connectivity index (χ1v) is 7.79. The fraction of sp³-hybridized carbons (Fsp3) is 0.200. The molecule has 0 aliphatic carbocycles. The molecule has 94 valence electrons. The van der Waals surface area contributed by atoms with E-state index in [1.165, 1.54) is 11.1 Å². The fourth-order valence-corrected chi connectivity index (χ4v) is 3.42. The number of halogens is 3. The smallest absolute Gasteiger partial charge is 0.0450 e. The van der Waals surface area contributed by atoms with E-state index in [-0.39, 0.29) is 4.83 Å². The third kappa shape index (κ3) is 3.59. The molecule has 18 heavy (non-hydrogen) atoms. The van der Waals surface area contributed by atoms with E-state index in [4.69, 9.17) is 11.6 Å². The summed E-state index contributed by atoms with van der Waals surface area (Å²) >= 11 is 13.4. The number of alkyl halides is 1. The zero-order valence-corrected chi connectivity index (χ0v) is 13.9. The van der Waals surface area contributed by atoms with Gasteiger partial charge in [-0.1, -0.05) is 73.3 Å². The van der Waals surface area contributed by atoms with Crippen molar-refractivity contribution in [2.24, 2.45) is 0 Å². The summed E-state index contributed by atoms with van der Waals surface area (Å²) in [4.78, 5) is 0.226. The number of rotatable bonds is 3. The highest BCUT2D eigenvalue weighted by Gasteiger charge is 2.12. The van der Waals surface area contributed by atoms with Crippen LogP contribution in [0.25, 0.3) is 0 Å². The topological polar surface area (TPSA) is 0 Å². The van der Waals surface area contributed by atoms with Crippen LogP contribution in [0.3, 0.4) is 0 Å². The molecule has 0 aliphatic heterocycles. The van der Waals surface area contributed by atoms with Gasteiger partial charge >= 0.3 is 0 Å². The summed E-state index contributed by atoms with van der Waals surface area (Å²) in [7, 11) is 0. The molecule has 2 aromatic carbocycles. The molecule has 1 atom stereocenters. The van der Waals surface area contributed by atoms with Crippen LogP contribution >= 0.6 is 43.5 Å². The van der Waals surface area contributed by atoms with Crippen molar-refractivity contribution in [3.63, 3.8) is 0 Å². The maximum Gasteiger partial charge on any atom is 0.0450 e. The number of benzene rings is 2. The van der Waals surface area contributed by atoms with Gasteiger partial charge in [-0.25, -0.2) is 0 Å². The quantitative estimate of drug-likeness (QED) is 0.558. The molecular weight excluding hydrogens is 375 g/mol. The van der Waals surface area contributed by atoms with Gasteiger partial charge in [-0.05, 0) is 42.7 Å². The molecule has 0 bridgehead atoms. The van der Waals surface area contributed by atoms with Crippen molar-refractivity contribution in [3.05, 3.63) is 68.7 Å². The highest BCUT2D eigenvalue weighted by Crippen LogP contribution is 2.34. The maximum absolute atomic E-state index is 6.24. The van der Waals surface area contributed by atoms with Crippen molar-refractivity contribution in [2.45, 2.75) is 18.2 Å². The maximum atomic E-state index is 6.24. The summed E-state index contributed by atoms with van der Waals surface area (Å²) in [6, 6.07) is 14.5. The minimum Gasteiger partial charge on any atom is -0.0840 e. The van der Waals surface area contributed by atoms with Gasteiger partial charge in [-0.2, -0.15) is 0 Å². The molecule has 0 spiro atoms. The second kappa shape index (κ2) is 6.23. The zero-order valence-electron chi connectivity index (χ0n) is 9.96. The summed E-state index contributed by atoms with van der Waals surface area (Å²) < 4.78 is 1.05. The Morgan fingerprint density at radius 3 is 2.67 bits per heavy atom. The van der Waals surface area contributed by atoms with Gasteiger partial charge in [0.25, 0.3) is 0 Å². The van der Waals surface area contributed by atoms with Crippen LogP contribution < -0.4 is 0 Å². The van der Waals surface area contributed by atoms with E-state index >= 15 is 0 Å². The van der Waals surface area contributed by atoms with E-state index in [0.717, 1.165) is 21.5 Å². The molecule has 0 aromatic heterocycles. The van der Waals surface area contributed by atoms with Gasteiger partial charge in [0.05, 0.1) is 0 Å². The minimum absolute atomic E-state index is 0.226. The van der Waals surface area contributed by atoms with E-state index in [1.54, 1.807) is 0 Å². The Labute approximate surface area is 130 Å². The summed E-state index contributed by atoms with van der Waals surface area (Å²) in [5.74, 6) is 0. The molecule has 0 radical (unpaired) electrons. The predicted octanol–water partition coefficient (Wildman–Crippen LogP) is 6.09. The highest BCUT2D eigenvalue weighted by atomic mass is 79.9. The van der Waals surface area contributed by atoms with Crippen LogP contribution in [0.15, 0.2) is 46.9 Å². The van der Waals surface area contributed by atoms with Crippen LogP contribution in [0.1, 0.15) is 21.5 Å². The van der Waals surface area contributed by atoms with Gasteiger partial charge in [0.15, 0.2) is 0 Å². The molecule has 0 heterocycles. The van der Waals surface area contributed by atoms with E-state index < -0.39 is 0 Å². The molecule has 0 saturated heterocycles. The zero-order chi connectivity index (χ0) is 13.1. The first kappa shape index (κ1) is 14.1. The molecule has 0 saturated carbocycles. The minimum atomic E-state index is 0.226. The summed E-state index contributed by atoms with van der Waals surface area (Å²) in [5, 5.41) is 0.799. The summed E-state index contributed by atoms with van der Waals surface area (Å²) in [6.07, 6.45) is 0.928. The third-order valence-corrected chi connectivity index (χ3v) is 4.45. The van der Waals surface area contributed by atoms with Gasteiger partial charge in [0, 0.05) is 14.3 Å². The van der Waals surface area contributed by atoms with Crippen LogP contribution in [0, 0.1) is 6.92 Å². The SMILES string of the molecule is Cc1cccc(CC(Br)c2cc(Br)ccc2Cl)c1. The average molecular weight is 389 g/mol. The van der Waals surface area contributed by atoms with E-state index in [2.05, 4.69) is 69.1 Å². The predicted molar refractivity (Wildman–Crippen MR) is 85.7 cm³/mol. The van der Waals surface area contributed by atoms with Gasteiger partial charge in [0.1, 0.15) is 0 Å². The largest absolute Gasteiger partial charge is 0.0840 e. The normalized spacial score (nSPS) is 12.4. The first-order valence-electron chi connectivity index (χ1n) is 5.71. The van der Waals surface area contributed by atoms with E-state index in [9.17, 15) is 0 Å². The molecule has 2 rings (SSSR count). The second-order valence-electron chi connectivity index (χ2n) is 4.33. The molecule has 1 unspecified atom stereocenters. The van der Waals surface area contributed by atoms with Crippen molar-refractivity contribution in [1.82, 2.24) is 0 Å². The molecule has 3 heteroatoms. The highest BCUT2D eigenvalue weighted by molar-refractivity contribution is 9.10. The Balaban J connectivity index is 2.21. The lowest BCUT2D eigenvalue weighted by Gasteiger charge is -2.13. The lowest BCUT2D eigenvalue weighted by molar-refractivity contribution is 0.946. The van der Waals surface area contributed by atoms with Crippen LogP contribution in [0.2, 0.25) is 5.02 Å². The van der Waals surface area contributed by atoms with E-state index in [1.807, 2.05) is 12.1 Å². The van der Waals surface area contributed by atoms with Crippen molar-refractivity contribution in [2.75, 3.05) is 0 Å². The Bertz CT molecular complexity index is 552. The summed E-state index contributed by atoms with van der Waals surface area (Å²) in [5.41, 5.74) is 3.72. The molecule has 0 nitrogen and oxygen atoms in total. The second-order valence-corrected chi connectivity index (χ2v) is 6.75. The van der Waals surface area contributed by atoms with Crippen LogP contribution in [-0.2, 0) is 6.42 Å². The number of hydrogen-bond acceptors (Lipinski definition) is 0. The lowest BCUT2D eigenvalue weighted by Crippen LogP contribution is -1.97. The Hall–Kier alpha value is -0.310. The number of hydrogen-bond donors (Lipinski definition) is 0.